The fourth-order valence-corrected chi connectivity index (χ4v) is 1.76. The van der Waals surface area contributed by atoms with E-state index in [1.165, 1.54) is 30.7 Å². The van der Waals surface area contributed by atoms with Gasteiger partial charge in [-0.3, -0.25) is 4.79 Å². The molecule has 1 heterocycles. The number of carbonyl (C=O) groups excluding carboxylic acids is 1. The highest BCUT2D eigenvalue weighted by Crippen LogP contribution is 2.30. The van der Waals surface area contributed by atoms with Gasteiger partial charge in [0, 0.05) is 11.7 Å². The van der Waals surface area contributed by atoms with E-state index in [9.17, 15) is 18.0 Å². The summed E-state index contributed by atoms with van der Waals surface area (Å²) in [4.78, 5) is 19.4. The molecule has 1 unspecified atom stereocenters. The van der Waals surface area contributed by atoms with Crippen molar-refractivity contribution in [2.45, 2.75) is 45.5 Å². The number of amides is 1. The number of rotatable bonds is 3. The van der Waals surface area contributed by atoms with Crippen LogP contribution in [-0.2, 0) is 6.18 Å². The molecule has 8 heteroatoms. The van der Waals surface area contributed by atoms with Gasteiger partial charge in [0.15, 0.2) is 0 Å². The number of nitrogens with two attached hydrogens (primary N) is 1. The zero-order valence-electron chi connectivity index (χ0n) is 15.1. The van der Waals surface area contributed by atoms with Crippen LogP contribution in [0, 0.1) is 0 Å². The first kappa shape index (κ1) is 21.6. The van der Waals surface area contributed by atoms with Crippen molar-refractivity contribution < 1.29 is 18.0 Å². The largest absolute Gasteiger partial charge is 0.416 e. The minimum Gasteiger partial charge on any atom is -0.344 e. The van der Waals surface area contributed by atoms with Crippen molar-refractivity contribution in [3.8, 4) is 0 Å². The number of carbonyl (C=O) groups is 1. The minimum absolute atomic E-state index is 0. The second-order valence-electron chi connectivity index (χ2n) is 6.78. The predicted octanol–water partition coefficient (Wildman–Crippen LogP) is 3.73. The number of benzene rings is 1. The first-order valence-corrected chi connectivity index (χ1v) is 7.91. The lowest BCUT2D eigenvalue weighted by Crippen LogP contribution is -2.27. The van der Waals surface area contributed by atoms with E-state index in [1.54, 1.807) is 6.92 Å². The number of hydrogen-bond acceptors (Lipinski definition) is 4. The van der Waals surface area contributed by atoms with Gasteiger partial charge in [-0.05, 0) is 51.5 Å². The maximum Gasteiger partial charge on any atom is 0.416 e. The molecule has 0 aliphatic heterocycles. The monoisotopic (exact) mass is 368 g/mol. The van der Waals surface area contributed by atoms with Gasteiger partial charge in [-0.15, -0.1) is 0 Å². The molecule has 0 aliphatic rings. The maximum absolute atomic E-state index is 12.7. The number of alkyl halides is 3. The molecule has 1 aromatic carbocycles. The van der Waals surface area contributed by atoms with Crippen molar-refractivity contribution in [2.24, 2.45) is 5.73 Å². The van der Waals surface area contributed by atoms with Crippen LogP contribution in [0.25, 0.3) is 0 Å². The molecule has 2 rings (SSSR count). The summed E-state index contributed by atoms with van der Waals surface area (Å²) in [5, 5.41) is 2.59. The average molecular weight is 368 g/mol. The van der Waals surface area contributed by atoms with Crippen LogP contribution in [0.5, 0.6) is 0 Å². The summed E-state index contributed by atoms with van der Waals surface area (Å²) in [5.41, 5.74) is 5.13. The average Bonchev–Trinajstić information content (AvgIpc) is 2.53. The van der Waals surface area contributed by atoms with Crippen LogP contribution in [0.2, 0.25) is 0 Å². The van der Waals surface area contributed by atoms with Crippen molar-refractivity contribution in [2.75, 3.05) is 0 Å². The molecule has 0 saturated heterocycles. The molecule has 0 saturated carbocycles. The second-order valence-corrected chi connectivity index (χ2v) is 6.78. The van der Waals surface area contributed by atoms with Crippen molar-refractivity contribution in [1.82, 2.24) is 15.3 Å². The molecule has 5 nitrogen and oxygen atoms in total. The Morgan fingerprint density at radius 1 is 1.19 bits per heavy atom. The summed E-state index contributed by atoms with van der Waals surface area (Å²) < 4.78 is 38.0. The zero-order chi connectivity index (χ0) is 20.0. The molecular weight excluding hydrogens is 345 g/mol. The minimum atomic E-state index is -4.41. The van der Waals surface area contributed by atoms with Crippen LogP contribution >= 0.6 is 0 Å². The first-order chi connectivity index (χ1) is 11.9. The van der Waals surface area contributed by atoms with Crippen LogP contribution in [0.1, 0.15) is 55.4 Å². The van der Waals surface area contributed by atoms with E-state index in [0.29, 0.717) is 5.56 Å². The molecular formula is C18H23F3N4O. The lowest BCUT2D eigenvalue weighted by molar-refractivity contribution is -0.137. The standard InChI is InChI=1S/C14H12F3N3O.C4H11N/c1-9(20-13(21)12-5-6-18-8-19-12)10-3-2-4-11(7-10)14(15,16)17;1-4(2,3)5/h2-9H,1H3,(H,20,21);5H2,1-3H3. The first-order valence-electron chi connectivity index (χ1n) is 7.91. The number of nitrogens with zero attached hydrogens (tertiary/aromatic N) is 2. The quantitative estimate of drug-likeness (QED) is 0.865. The molecule has 2 aromatic rings. The Kier molecular flexibility index (Phi) is 7.26. The molecule has 1 aromatic heterocycles. The van der Waals surface area contributed by atoms with Crippen LogP contribution in [0.4, 0.5) is 13.2 Å². The van der Waals surface area contributed by atoms with Gasteiger partial charge in [0.25, 0.3) is 5.91 Å². The molecule has 1 amide bonds. The van der Waals surface area contributed by atoms with Crippen molar-refractivity contribution >= 4 is 5.91 Å². The molecule has 0 bridgehead atoms. The zero-order valence-corrected chi connectivity index (χ0v) is 15.1. The van der Waals surface area contributed by atoms with Crippen LogP contribution in [0.15, 0.2) is 42.9 Å². The van der Waals surface area contributed by atoms with Gasteiger partial charge in [0.2, 0.25) is 0 Å². The van der Waals surface area contributed by atoms with Crippen LogP contribution in [0.3, 0.4) is 0 Å². The summed E-state index contributed by atoms with van der Waals surface area (Å²) in [6.45, 7) is 7.50. The van der Waals surface area contributed by atoms with Gasteiger partial charge in [0.1, 0.15) is 12.0 Å². The Morgan fingerprint density at radius 2 is 1.81 bits per heavy atom. The third-order valence-electron chi connectivity index (χ3n) is 2.88. The summed E-state index contributed by atoms with van der Waals surface area (Å²) in [6, 6.07) is 5.70. The normalized spacial score (nSPS) is 12.6. The molecule has 0 aliphatic carbocycles. The van der Waals surface area contributed by atoms with E-state index < -0.39 is 23.7 Å². The molecule has 0 spiro atoms. The van der Waals surface area contributed by atoms with Crippen LogP contribution < -0.4 is 11.1 Å². The van der Waals surface area contributed by atoms with Gasteiger partial charge in [0.05, 0.1) is 11.6 Å². The topological polar surface area (TPSA) is 80.9 Å². The molecule has 3 N–H and O–H groups in total. The lowest BCUT2D eigenvalue weighted by Gasteiger charge is -2.16. The SMILES string of the molecule is CC(C)(C)N.CC(NC(=O)c1ccncn1)c1cccc(C(F)(F)F)c1. The number of aromatic nitrogens is 2. The summed E-state index contributed by atoms with van der Waals surface area (Å²) in [7, 11) is 0. The number of hydrogen-bond donors (Lipinski definition) is 2. The van der Waals surface area contributed by atoms with Gasteiger partial charge < -0.3 is 11.1 Å². The summed E-state index contributed by atoms with van der Waals surface area (Å²) in [5.74, 6) is -0.470. The van der Waals surface area contributed by atoms with Crippen molar-refractivity contribution in [3.63, 3.8) is 0 Å². The Labute approximate surface area is 150 Å². The summed E-state index contributed by atoms with van der Waals surface area (Å²) in [6.07, 6.45) is -1.77. The van der Waals surface area contributed by atoms with Gasteiger partial charge in [-0.25, -0.2) is 9.97 Å². The third kappa shape index (κ3) is 8.06. The Bertz CT molecular complexity index is 706. The Morgan fingerprint density at radius 3 is 2.31 bits per heavy atom. The lowest BCUT2D eigenvalue weighted by atomic mass is 10.0. The van der Waals surface area contributed by atoms with E-state index in [2.05, 4.69) is 15.3 Å². The second kappa shape index (κ2) is 8.75. The number of nitrogens with one attached hydrogen (secondary N) is 1. The Hall–Kier alpha value is -2.48. The molecule has 26 heavy (non-hydrogen) atoms. The van der Waals surface area contributed by atoms with E-state index in [4.69, 9.17) is 5.73 Å². The Balaban J connectivity index is 0.000000597. The van der Waals surface area contributed by atoms with E-state index in [0.717, 1.165) is 12.1 Å². The molecule has 0 fully saturated rings. The van der Waals surface area contributed by atoms with Crippen LogP contribution in [-0.4, -0.2) is 21.4 Å². The highest BCUT2D eigenvalue weighted by Gasteiger charge is 2.30. The molecule has 0 radical (unpaired) electrons. The van der Waals surface area contributed by atoms with Crippen molar-refractivity contribution in [1.29, 1.82) is 0 Å². The smallest absolute Gasteiger partial charge is 0.344 e. The van der Waals surface area contributed by atoms with Gasteiger partial charge in [-0.1, -0.05) is 12.1 Å². The van der Waals surface area contributed by atoms with Gasteiger partial charge in [-0.2, -0.15) is 13.2 Å². The predicted molar refractivity (Wildman–Crippen MR) is 93.3 cm³/mol. The molecule has 142 valence electrons. The fourth-order valence-electron chi connectivity index (χ4n) is 1.76. The molecule has 1 atom stereocenters. The van der Waals surface area contributed by atoms with Crippen molar-refractivity contribution in [3.05, 3.63) is 59.7 Å². The van der Waals surface area contributed by atoms with E-state index >= 15 is 0 Å². The van der Waals surface area contributed by atoms with Gasteiger partial charge >= 0.3 is 6.18 Å². The fraction of sp³-hybridized carbons (Fsp3) is 0.389. The highest BCUT2D eigenvalue weighted by molar-refractivity contribution is 5.92. The maximum atomic E-state index is 12.7. The highest BCUT2D eigenvalue weighted by atomic mass is 19.4. The summed E-state index contributed by atoms with van der Waals surface area (Å²) >= 11 is 0. The number of halogens is 3. The van der Waals surface area contributed by atoms with E-state index in [-0.39, 0.29) is 11.2 Å². The third-order valence-corrected chi connectivity index (χ3v) is 2.88. The van der Waals surface area contributed by atoms with E-state index in [1.807, 2.05) is 20.8 Å².